The zero-order valence-corrected chi connectivity index (χ0v) is 16.0. The van der Waals surface area contributed by atoms with Crippen LogP contribution in [0.25, 0.3) is 0 Å². The SMILES string of the molecule is CC(NC(=O)c1cn(C2CCNCC2)nn1)c1ccc(Cl)cc1Cl.Cl. The molecule has 1 atom stereocenters. The summed E-state index contributed by atoms with van der Waals surface area (Å²) in [6.45, 7) is 3.78. The van der Waals surface area contributed by atoms with Crippen LogP contribution >= 0.6 is 35.6 Å². The summed E-state index contributed by atoms with van der Waals surface area (Å²) in [4.78, 5) is 12.4. The predicted molar refractivity (Wildman–Crippen MR) is 101 cm³/mol. The third-order valence-electron chi connectivity index (χ3n) is 4.20. The topological polar surface area (TPSA) is 71.8 Å². The number of benzene rings is 1. The third-order valence-corrected chi connectivity index (χ3v) is 4.76. The molecule has 2 heterocycles. The fraction of sp³-hybridized carbons (Fsp3) is 0.438. The molecule has 2 aromatic rings. The number of hydrogen-bond donors (Lipinski definition) is 2. The van der Waals surface area contributed by atoms with Crippen LogP contribution in [0.3, 0.4) is 0 Å². The molecule has 0 bridgehead atoms. The van der Waals surface area contributed by atoms with Crippen LogP contribution in [-0.2, 0) is 0 Å². The summed E-state index contributed by atoms with van der Waals surface area (Å²) in [6, 6.07) is 5.25. The maximum absolute atomic E-state index is 12.4. The molecular formula is C16H20Cl3N5O. The molecule has 0 saturated carbocycles. The van der Waals surface area contributed by atoms with Crippen LogP contribution in [0.2, 0.25) is 10.0 Å². The number of carbonyl (C=O) groups is 1. The van der Waals surface area contributed by atoms with E-state index in [2.05, 4.69) is 20.9 Å². The van der Waals surface area contributed by atoms with Gasteiger partial charge in [-0.3, -0.25) is 4.79 Å². The Labute approximate surface area is 162 Å². The first-order valence-corrected chi connectivity index (χ1v) is 8.68. The van der Waals surface area contributed by atoms with Gasteiger partial charge in [0, 0.05) is 10.0 Å². The van der Waals surface area contributed by atoms with Crippen LogP contribution in [0.4, 0.5) is 0 Å². The van der Waals surface area contributed by atoms with Gasteiger partial charge in [-0.25, -0.2) is 4.68 Å². The summed E-state index contributed by atoms with van der Waals surface area (Å²) in [5.74, 6) is -0.270. The van der Waals surface area contributed by atoms with Crippen LogP contribution < -0.4 is 10.6 Å². The quantitative estimate of drug-likeness (QED) is 0.819. The number of aromatic nitrogens is 3. The molecule has 1 amide bonds. The maximum Gasteiger partial charge on any atom is 0.273 e. The van der Waals surface area contributed by atoms with E-state index in [1.54, 1.807) is 23.0 Å². The van der Waals surface area contributed by atoms with Crippen LogP contribution in [0.15, 0.2) is 24.4 Å². The lowest BCUT2D eigenvalue weighted by atomic mass is 10.1. The zero-order chi connectivity index (χ0) is 17.1. The molecule has 0 aliphatic carbocycles. The number of hydrogen-bond acceptors (Lipinski definition) is 4. The normalized spacial score (nSPS) is 16.1. The Hall–Kier alpha value is -1.34. The fourth-order valence-corrected chi connectivity index (χ4v) is 3.40. The molecule has 1 saturated heterocycles. The summed E-state index contributed by atoms with van der Waals surface area (Å²) in [6.07, 6.45) is 3.68. The van der Waals surface area contributed by atoms with Gasteiger partial charge >= 0.3 is 0 Å². The molecule has 1 aromatic carbocycles. The van der Waals surface area contributed by atoms with Gasteiger partial charge in [-0.05, 0) is 50.6 Å². The lowest BCUT2D eigenvalue weighted by Crippen LogP contribution is -2.29. The van der Waals surface area contributed by atoms with Gasteiger partial charge in [0.1, 0.15) is 0 Å². The second-order valence-corrected chi connectivity index (χ2v) is 6.77. The van der Waals surface area contributed by atoms with Crippen LogP contribution in [0.5, 0.6) is 0 Å². The molecule has 0 radical (unpaired) electrons. The van der Waals surface area contributed by atoms with Crippen molar-refractivity contribution in [1.82, 2.24) is 25.6 Å². The number of carbonyl (C=O) groups excluding carboxylic acids is 1. The van der Waals surface area contributed by atoms with Gasteiger partial charge in [0.15, 0.2) is 5.69 Å². The minimum absolute atomic E-state index is 0. The second-order valence-electron chi connectivity index (χ2n) is 5.93. The van der Waals surface area contributed by atoms with E-state index in [0.29, 0.717) is 21.8 Å². The Morgan fingerprint density at radius 2 is 2.08 bits per heavy atom. The van der Waals surface area contributed by atoms with Crippen LogP contribution in [0, 0.1) is 0 Å². The van der Waals surface area contributed by atoms with Gasteiger partial charge in [-0.15, -0.1) is 17.5 Å². The Bertz CT molecular complexity index is 730. The summed E-state index contributed by atoms with van der Waals surface area (Å²) in [5, 5.41) is 15.4. The van der Waals surface area contributed by atoms with E-state index in [1.165, 1.54) is 0 Å². The highest BCUT2D eigenvalue weighted by molar-refractivity contribution is 6.35. The molecule has 1 aliphatic rings. The van der Waals surface area contributed by atoms with Crippen molar-refractivity contribution in [3.63, 3.8) is 0 Å². The monoisotopic (exact) mass is 403 g/mol. The van der Waals surface area contributed by atoms with Gasteiger partial charge in [0.05, 0.1) is 18.3 Å². The zero-order valence-electron chi connectivity index (χ0n) is 13.7. The molecule has 25 heavy (non-hydrogen) atoms. The van der Waals surface area contributed by atoms with E-state index in [0.717, 1.165) is 31.5 Å². The van der Waals surface area contributed by atoms with E-state index < -0.39 is 0 Å². The Kier molecular flexibility index (Phi) is 7.07. The highest BCUT2D eigenvalue weighted by atomic mass is 35.5. The number of nitrogens with one attached hydrogen (secondary N) is 2. The smallest absolute Gasteiger partial charge is 0.273 e. The van der Waals surface area contributed by atoms with Crippen molar-refractivity contribution < 1.29 is 4.79 Å². The van der Waals surface area contributed by atoms with E-state index in [-0.39, 0.29) is 24.4 Å². The molecule has 1 fully saturated rings. The Morgan fingerprint density at radius 1 is 1.36 bits per heavy atom. The van der Waals surface area contributed by atoms with Gasteiger partial charge in [0.25, 0.3) is 5.91 Å². The molecule has 1 aliphatic heterocycles. The summed E-state index contributed by atoms with van der Waals surface area (Å²) in [5.41, 5.74) is 1.12. The number of nitrogens with zero attached hydrogens (tertiary/aromatic N) is 3. The van der Waals surface area contributed by atoms with Crippen molar-refractivity contribution in [2.24, 2.45) is 0 Å². The fourth-order valence-electron chi connectivity index (χ4n) is 2.83. The Morgan fingerprint density at radius 3 is 2.76 bits per heavy atom. The summed E-state index contributed by atoms with van der Waals surface area (Å²) < 4.78 is 1.79. The molecule has 1 aromatic heterocycles. The molecule has 6 nitrogen and oxygen atoms in total. The van der Waals surface area contributed by atoms with Crippen LogP contribution in [0.1, 0.15) is 47.9 Å². The van der Waals surface area contributed by atoms with E-state index in [4.69, 9.17) is 23.2 Å². The molecule has 1 unspecified atom stereocenters. The Balaban J connectivity index is 0.00000225. The minimum Gasteiger partial charge on any atom is -0.344 e. The predicted octanol–water partition coefficient (Wildman–Crippen LogP) is 3.42. The molecule has 9 heteroatoms. The molecule has 2 N–H and O–H groups in total. The van der Waals surface area contributed by atoms with Gasteiger partial charge in [-0.2, -0.15) is 0 Å². The van der Waals surface area contributed by atoms with Gasteiger partial charge in [0.2, 0.25) is 0 Å². The number of rotatable bonds is 4. The first-order valence-electron chi connectivity index (χ1n) is 7.93. The average molecular weight is 405 g/mol. The van der Waals surface area contributed by atoms with Crippen molar-refractivity contribution in [3.05, 3.63) is 45.7 Å². The van der Waals surface area contributed by atoms with Crippen molar-refractivity contribution in [2.75, 3.05) is 13.1 Å². The van der Waals surface area contributed by atoms with E-state index in [1.807, 2.05) is 13.0 Å². The first kappa shape index (κ1) is 20.0. The highest BCUT2D eigenvalue weighted by Crippen LogP contribution is 2.26. The number of halogens is 3. The van der Waals surface area contributed by atoms with Gasteiger partial charge in [-0.1, -0.05) is 34.5 Å². The standard InChI is InChI=1S/C16H19Cl2N5O.ClH/c1-10(13-3-2-11(17)8-14(13)18)20-16(24)15-9-23(22-21-15)12-4-6-19-7-5-12;/h2-3,8-10,12,19H,4-7H2,1H3,(H,20,24);1H. The minimum atomic E-state index is -0.270. The highest BCUT2D eigenvalue weighted by Gasteiger charge is 2.20. The van der Waals surface area contributed by atoms with Crippen molar-refractivity contribution >= 4 is 41.5 Å². The van der Waals surface area contributed by atoms with Crippen molar-refractivity contribution in [1.29, 1.82) is 0 Å². The third kappa shape index (κ3) is 4.85. The first-order chi connectivity index (χ1) is 11.5. The van der Waals surface area contributed by atoms with Crippen LogP contribution in [-0.4, -0.2) is 34.0 Å². The van der Waals surface area contributed by atoms with E-state index >= 15 is 0 Å². The molecule has 136 valence electrons. The summed E-state index contributed by atoms with van der Waals surface area (Å²) in [7, 11) is 0. The van der Waals surface area contributed by atoms with E-state index in [9.17, 15) is 4.79 Å². The number of piperidine rings is 1. The molecule has 3 rings (SSSR count). The van der Waals surface area contributed by atoms with Gasteiger partial charge < -0.3 is 10.6 Å². The largest absolute Gasteiger partial charge is 0.344 e. The van der Waals surface area contributed by atoms with Crippen molar-refractivity contribution in [3.8, 4) is 0 Å². The lowest BCUT2D eigenvalue weighted by Gasteiger charge is -2.22. The second kappa shape index (κ2) is 8.85. The molecule has 0 spiro atoms. The number of amides is 1. The average Bonchev–Trinajstić information content (AvgIpc) is 3.05. The maximum atomic E-state index is 12.4. The summed E-state index contributed by atoms with van der Waals surface area (Å²) >= 11 is 12.1. The lowest BCUT2D eigenvalue weighted by molar-refractivity contribution is 0.0934. The molecular weight excluding hydrogens is 385 g/mol. The van der Waals surface area contributed by atoms with Crippen molar-refractivity contribution in [2.45, 2.75) is 31.8 Å².